The third-order valence-corrected chi connectivity index (χ3v) is 4.84. The largest absolute Gasteiger partial charge is 0.378 e. The van der Waals surface area contributed by atoms with Crippen molar-refractivity contribution in [3.05, 3.63) is 23.9 Å². The zero-order valence-electron chi connectivity index (χ0n) is 17.5. The lowest BCUT2D eigenvalue weighted by molar-refractivity contribution is 0.122. The van der Waals surface area contributed by atoms with Gasteiger partial charge in [-0.2, -0.15) is 0 Å². The second-order valence-corrected chi connectivity index (χ2v) is 7.36. The SMILES string of the molecule is CN=C(NCCN(C(C)C)C(C)C)NCc1cccnc1N1CCOCC1. The number of morpholine rings is 1. The van der Waals surface area contributed by atoms with Gasteiger partial charge in [-0.1, -0.05) is 6.07 Å². The van der Waals surface area contributed by atoms with E-state index in [1.807, 2.05) is 19.3 Å². The standard InChI is InChI=1S/C20H36N6O/c1-16(2)26(17(3)4)10-9-23-20(21-5)24-15-18-7-6-8-22-19(18)25-11-13-27-14-12-25/h6-8,16-17H,9-15H2,1-5H3,(H2,21,23,24). The topological polar surface area (TPSA) is 65.0 Å². The van der Waals surface area contributed by atoms with Crippen molar-refractivity contribution < 1.29 is 4.74 Å². The van der Waals surface area contributed by atoms with Crippen molar-refractivity contribution in [3.8, 4) is 0 Å². The molecule has 1 aliphatic heterocycles. The van der Waals surface area contributed by atoms with E-state index >= 15 is 0 Å². The summed E-state index contributed by atoms with van der Waals surface area (Å²) in [7, 11) is 1.81. The van der Waals surface area contributed by atoms with Gasteiger partial charge in [-0.25, -0.2) is 4.98 Å². The molecule has 0 radical (unpaired) electrons. The number of rotatable bonds is 8. The first-order valence-electron chi connectivity index (χ1n) is 9.99. The third-order valence-electron chi connectivity index (χ3n) is 4.84. The van der Waals surface area contributed by atoms with Gasteiger partial charge < -0.3 is 20.3 Å². The number of anilines is 1. The molecule has 1 aromatic rings. The minimum absolute atomic E-state index is 0.535. The van der Waals surface area contributed by atoms with Gasteiger partial charge in [0.1, 0.15) is 5.82 Å². The molecule has 27 heavy (non-hydrogen) atoms. The van der Waals surface area contributed by atoms with Gasteiger partial charge >= 0.3 is 0 Å². The van der Waals surface area contributed by atoms with Gasteiger partial charge in [0, 0.05) is 63.6 Å². The predicted octanol–water partition coefficient (Wildman–Crippen LogP) is 1.70. The fraction of sp³-hybridized carbons (Fsp3) is 0.700. The molecule has 0 amide bonds. The molecule has 0 aliphatic carbocycles. The molecule has 0 atom stereocenters. The Bertz CT molecular complexity index is 576. The second-order valence-electron chi connectivity index (χ2n) is 7.36. The number of guanidine groups is 1. The molecule has 0 aromatic carbocycles. The van der Waals surface area contributed by atoms with E-state index < -0.39 is 0 Å². The summed E-state index contributed by atoms with van der Waals surface area (Å²) in [5.74, 6) is 1.86. The first-order chi connectivity index (χ1) is 13.0. The maximum Gasteiger partial charge on any atom is 0.191 e. The summed E-state index contributed by atoms with van der Waals surface area (Å²) in [5, 5.41) is 6.84. The van der Waals surface area contributed by atoms with E-state index in [0.29, 0.717) is 18.6 Å². The van der Waals surface area contributed by atoms with Gasteiger partial charge in [-0.05, 0) is 33.8 Å². The lowest BCUT2D eigenvalue weighted by atomic mass is 10.2. The summed E-state index contributed by atoms with van der Waals surface area (Å²) < 4.78 is 5.46. The number of nitrogens with one attached hydrogen (secondary N) is 2. The molecule has 152 valence electrons. The molecule has 0 spiro atoms. The van der Waals surface area contributed by atoms with Crippen LogP contribution in [0.1, 0.15) is 33.3 Å². The van der Waals surface area contributed by atoms with Crippen LogP contribution < -0.4 is 15.5 Å². The highest BCUT2D eigenvalue weighted by atomic mass is 16.5. The molecular weight excluding hydrogens is 340 g/mol. The van der Waals surface area contributed by atoms with E-state index in [2.05, 4.69) is 64.2 Å². The molecule has 2 N–H and O–H groups in total. The molecular formula is C20H36N6O. The van der Waals surface area contributed by atoms with Gasteiger partial charge in [0.25, 0.3) is 0 Å². The molecule has 7 nitrogen and oxygen atoms in total. The van der Waals surface area contributed by atoms with Crippen molar-refractivity contribution >= 4 is 11.8 Å². The quantitative estimate of drug-likeness (QED) is 0.532. The average molecular weight is 377 g/mol. The van der Waals surface area contributed by atoms with E-state index in [9.17, 15) is 0 Å². The van der Waals surface area contributed by atoms with Crippen LogP contribution in [0.15, 0.2) is 23.3 Å². The van der Waals surface area contributed by atoms with Gasteiger partial charge in [0.15, 0.2) is 5.96 Å². The van der Waals surface area contributed by atoms with Crippen LogP contribution in [0.25, 0.3) is 0 Å². The first-order valence-corrected chi connectivity index (χ1v) is 9.99. The molecule has 0 bridgehead atoms. The maximum absolute atomic E-state index is 5.46. The summed E-state index contributed by atoms with van der Waals surface area (Å²) >= 11 is 0. The molecule has 2 rings (SSSR count). The number of hydrogen-bond donors (Lipinski definition) is 2. The van der Waals surface area contributed by atoms with Crippen LogP contribution in [0.4, 0.5) is 5.82 Å². The lowest BCUT2D eigenvalue weighted by Gasteiger charge is -2.31. The summed E-state index contributed by atoms with van der Waals surface area (Å²) in [6, 6.07) is 5.18. The number of nitrogens with zero attached hydrogens (tertiary/aromatic N) is 4. The van der Waals surface area contributed by atoms with Crippen molar-refractivity contribution in [3.63, 3.8) is 0 Å². The Morgan fingerprint density at radius 3 is 2.56 bits per heavy atom. The van der Waals surface area contributed by atoms with E-state index in [0.717, 1.165) is 51.2 Å². The Morgan fingerprint density at radius 2 is 1.93 bits per heavy atom. The fourth-order valence-corrected chi connectivity index (χ4v) is 3.44. The van der Waals surface area contributed by atoms with Gasteiger partial charge in [0.05, 0.1) is 13.2 Å². The second kappa shape index (κ2) is 11.1. The van der Waals surface area contributed by atoms with Crippen LogP contribution in [0.2, 0.25) is 0 Å². The van der Waals surface area contributed by atoms with Crippen molar-refractivity contribution in [1.29, 1.82) is 0 Å². The smallest absolute Gasteiger partial charge is 0.191 e. The van der Waals surface area contributed by atoms with E-state index in [4.69, 9.17) is 4.74 Å². The number of ether oxygens (including phenoxy) is 1. The number of aromatic nitrogens is 1. The highest BCUT2D eigenvalue weighted by Crippen LogP contribution is 2.18. The van der Waals surface area contributed by atoms with Crippen molar-refractivity contribution in [1.82, 2.24) is 20.5 Å². The average Bonchev–Trinajstić information content (AvgIpc) is 2.67. The number of pyridine rings is 1. The van der Waals surface area contributed by atoms with Crippen molar-refractivity contribution in [2.45, 2.75) is 46.3 Å². The predicted molar refractivity (Wildman–Crippen MR) is 112 cm³/mol. The van der Waals surface area contributed by atoms with Crippen LogP contribution in [0, 0.1) is 0 Å². The van der Waals surface area contributed by atoms with Gasteiger partial charge in [-0.3, -0.25) is 9.89 Å². The van der Waals surface area contributed by atoms with E-state index in [-0.39, 0.29) is 0 Å². The number of hydrogen-bond acceptors (Lipinski definition) is 5. The molecule has 7 heteroatoms. The van der Waals surface area contributed by atoms with Crippen LogP contribution >= 0.6 is 0 Å². The molecule has 0 unspecified atom stereocenters. The van der Waals surface area contributed by atoms with E-state index in [1.165, 1.54) is 5.56 Å². The van der Waals surface area contributed by atoms with Gasteiger partial charge in [0.2, 0.25) is 0 Å². The zero-order valence-corrected chi connectivity index (χ0v) is 17.5. The highest BCUT2D eigenvalue weighted by Gasteiger charge is 2.16. The van der Waals surface area contributed by atoms with E-state index in [1.54, 1.807) is 0 Å². The van der Waals surface area contributed by atoms with Gasteiger partial charge in [-0.15, -0.1) is 0 Å². The highest BCUT2D eigenvalue weighted by molar-refractivity contribution is 5.79. The minimum atomic E-state index is 0.535. The maximum atomic E-state index is 5.46. The third kappa shape index (κ3) is 6.66. The normalized spacial score (nSPS) is 15.7. The molecule has 2 heterocycles. The fourth-order valence-electron chi connectivity index (χ4n) is 3.44. The molecule has 0 saturated carbocycles. The Labute approximate surface area is 164 Å². The monoisotopic (exact) mass is 376 g/mol. The Kier molecular flexibility index (Phi) is 8.81. The van der Waals surface area contributed by atoms with Crippen LogP contribution in [0.5, 0.6) is 0 Å². The molecule has 1 aliphatic rings. The summed E-state index contributed by atoms with van der Waals surface area (Å²) in [5.41, 5.74) is 1.17. The Balaban J connectivity index is 1.87. The summed E-state index contributed by atoms with van der Waals surface area (Å²) in [6.07, 6.45) is 1.85. The first kappa shape index (κ1) is 21.4. The minimum Gasteiger partial charge on any atom is -0.378 e. The van der Waals surface area contributed by atoms with Crippen molar-refractivity contribution in [2.24, 2.45) is 4.99 Å². The molecule has 1 aromatic heterocycles. The van der Waals surface area contributed by atoms with Crippen LogP contribution in [-0.2, 0) is 11.3 Å². The zero-order chi connectivity index (χ0) is 19.6. The van der Waals surface area contributed by atoms with Crippen LogP contribution in [-0.4, -0.2) is 74.4 Å². The summed E-state index contributed by atoms with van der Waals surface area (Å²) in [6.45, 7) is 14.8. The Morgan fingerprint density at radius 1 is 1.22 bits per heavy atom. The summed E-state index contributed by atoms with van der Waals surface area (Å²) in [4.78, 5) is 13.7. The molecule has 1 saturated heterocycles. The Hall–Kier alpha value is -1.86. The van der Waals surface area contributed by atoms with Crippen LogP contribution in [0.3, 0.4) is 0 Å². The lowest BCUT2D eigenvalue weighted by Crippen LogP contribution is -2.45. The number of aliphatic imine (C=N–C) groups is 1. The molecule has 1 fully saturated rings. The van der Waals surface area contributed by atoms with Crippen molar-refractivity contribution in [2.75, 3.05) is 51.3 Å².